The van der Waals surface area contributed by atoms with Crippen molar-refractivity contribution in [2.45, 2.75) is 45.2 Å². The summed E-state index contributed by atoms with van der Waals surface area (Å²) in [5.74, 6) is 1.44. The topological polar surface area (TPSA) is 41.3 Å². The molecule has 4 nitrogen and oxygen atoms in total. The molecule has 1 aliphatic rings. The van der Waals surface area contributed by atoms with Gasteiger partial charge < -0.3 is 14.6 Å². The minimum Gasteiger partial charge on any atom is -0.448 e. The average Bonchev–Trinajstić information content (AvgIpc) is 2.78. The first-order valence-corrected chi connectivity index (χ1v) is 6.53. The van der Waals surface area contributed by atoms with Crippen LogP contribution >= 0.6 is 0 Å². The third kappa shape index (κ3) is 3.07. The molecule has 17 heavy (non-hydrogen) atoms. The van der Waals surface area contributed by atoms with Crippen molar-refractivity contribution in [3.8, 4) is 0 Å². The van der Waals surface area contributed by atoms with Crippen LogP contribution in [0.4, 0.5) is 0 Å². The van der Waals surface area contributed by atoms with Gasteiger partial charge in [-0.3, -0.25) is 0 Å². The summed E-state index contributed by atoms with van der Waals surface area (Å²) in [6, 6.07) is 0.653. The summed E-state index contributed by atoms with van der Waals surface area (Å²) in [5, 5.41) is 3.09. The summed E-state index contributed by atoms with van der Waals surface area (Å²) in [5.41, 5.74) is 1.01. The van der Waals surface area contributed by atoms with Gasteiger partial charge in [0.25, 0.3) is 0 Å². The van der Waals surface area contributed by atoms with Gasteiger partial charge in [0.1, 0.15) is 6.26 Å². The van der Waals surface area contributed by atoms with Crippen LogP contribution in [0.3, 0.4) is 0 Å². The van der Waals surface area contributed by atoms with E-state index in [-0.39, 0.29) is 0 Å². The Labute approximate surface area is 103 Å². The summed E-state index contributed by atoms with van der Waals surface area (Å²) >= 11 is 0. The Balaban J connectivity index is 1.91. The van der Waals surface area contributed by atoms with Crippen LogP contribution in [0.5, 0.6) is 0 Å². The molecule has 96 valence electrons. The quantitative estimate of drug-likeness (QED) is 0.869. The number of aromatic nitrogens is 1. The minimum absolute atomic E-state index is 0.510. The van der Waals surface area contributed by atoms with Crippen LogP contribution in [-0.2, 0) is 6.54 Å². The molecule has 1 saturated heterocycles. The molecule has 0 radical (unpaired) electrons. The van der Waals surface area contributed by atoms with E-state index in [1.165, 1.54) is 0 Å². The van der Waals surface area contributed by atoms with Crippen molar-refractivity contribution in [2.24, 2.45) is 0 Å². The van der Waals surface area contributed by atoms with Gasteiger partial charge in [-0.1, -0.05) is 0 Å². The number of piperidine rings is 1. The second-order valence-electron chi connectivity index (χ2n) is 5.11. The smallest absolute Gasteiger partial charge is 0.197 e. The maximum Gasteiger partial charge on any atom is 0.197 e. The highest BCUT2D eigenvalue weighted by atomic mass is 16.3. The predicted molar refractivity (Wildman–Crippen MR) is 68.0 cm³/mol. The van der Waals surface area contributed by atoms with Crippen molar-refractivity contribution in [1.82, 2.24) is 15.2 Å². The van der Waals surface area contributed by atoms with Crippen LogP contribution in [0, 0.1) is 0 Å². The van der Waals surface area contributed by atoms with Crippen molar-refractivity contribution in [1.29, 1.82) is 0 Å². The maximum absolute atomic E-state index is 5.58. The Bertz CT molecular complexity index is 340. The van der Waals surface area contributed by atoms with Gasteiger partial charge in [0.15, 0.2) is 5.89 Å². The summed E-state index contributed by atoms with van der Waals surface area (Å²) in [7, 11) is 1.93. The second-order valence-corrected chi connectivity index (χ2v) is 5.11. The molecule has 0 saturated carbocycles. The van der Waals surface area contributed by atoms with E-state index in [0.29, 0.717) is 12.0 Å². The van der Waals surface area contributed by atoms with Crippen molar-refractivity contribution in [3.63, 3.8) is 0 Å². The van der Waals surface area contributed by atoms with Crippen LogP contribution in [0.1, 0.15) is 44.2 Å². The number of likely N-dealkylation sites (tertiary alicyclic amines) is 1. The van der Waals surface area contributed by atoms with Gasteiger partial charge in [0.05, 0.1) is 5.69 Å². The lowest BCUT2D eigenvalue weighted by Gasteiger charge is -2.33. The van der Waals surface area contributed by atoms with Crippen LogP contribution in [0.25, 0.3) is 0 Å². The third-order valence-corrected chi connectivity index (χ3v) is 3.54. The maximum atomic E-state index is 5.58. The molecule has 1 aromatic heterocycles. The van der Waals surface area contributed by atoms with Gasteiger partial charge in [-0.05, 0) is 46.8 Å². The van der Waals surface area contributed by atoms with Gasteiger partial charge in [0.2, 0.25) is 0 Å². The van der Waals surface area contributed by atoms with Crippen LogP contribution in [-0.4, -0.2) is 36.1 Å². The Morgan fingerprint density at radius 2 is 2.18 bits per heavy atom. The average molecular weight is 237 g/mol. The Morgan fingerprint density at radius 1 is 1.47 bits per heavy atom. The molecule has 0 spiro atoms. The fourth-order valence-electron chi connectivity index (χ4n) is 2.44. The van der Waals surface area contributed by atoms with Crippen LogP contribution in [0.15, 0.2) is 10.7 Å². The SMILES string of the molecule is CNCc1coc(C2CCN(C(C)C)CC2)n1. The van der Waals surface area contributed by atoms with Gasteiger partial charge in [-0.15, -0.1) is 0 Å². The summed E-state index contributed by atoms with van der Waals surface area (Å²) in [6.07, 6.45) is 4.11. The Morgan fingerprint density at radius 3 is 2.76 bits per heavy atom. The highest BCUT2D eigenvalue weighted by Crippen LogP contribution is 2.28. The van der Waals surface area contributed by atoms with E-state index in [0.717, 1.165) is 44.1 Å². The molecule has 0 unspecified atom stereocenters. The fourth-order valence-corrected chi connectivity index (χ4v) is 2.44. The number of rotatable bonds is 4. The molecular formula is C13H23N3O. The Hall–Kier alpha value is -0.870. The summed E-state index contributed by atoms with van der Waals surface area (Å²) < 4.78 is 5.58. The van der Waals surface area contributed by atoms with Gasteiger partial charge >= 0.3 is 0 Å². The summed E-state index contributed by atoms with van der Waals surface area (Å²) in [4.78, 5) is 7.07. The molecule has 0 aromatic carbocycles. The standard InChI is InChI=1S/C13H23N3O/c1-10(2)16-6-4-11(5-7-16)13-15-12(8-14-3)9-17-13/h9-11,14H,4-8H2,1-3H3. The first-order valence-electron chi connectivity index (χ1n) is 6.53. The number of oxazole rings is 1. The molecule has 4 heteroatoms. The van der Waals surface area contributed by atoms with E-state index >= 15 is 0 Å². The molecular weight excluding hydrogens is 214 g/mol. The molecule has 2 heterocycles. The van der Waals surface area contributed by atoms with Crippen molar-refractivity contribution < 1.29 is 4.42 Å². The number of nitrogens with one attached hydrogen (secondary N) is 1. The second kappa shape index (κ2) is 5.65. The molecule has 1 aliphatic heterocycles. The van der Waals surface area contributed by atoms with Crippen LogP contribution in [0.2, 0.25) is 0 Å². The minimum atomic E-state index is 0.510. The van der Waals surface area contributed by atoms with E-state index in [1.807, 2.05) is 7.05 Å². The zero-order valence-electron chi connectivity index (χ0n) is 11.1. The molecule has 2 rings (SSSR count). The zero-order valence-corrected chi connectivity index (χ0v) is 11.1. The number of hydrogen-bond acceptors (Lipinski definition) is 4. The lowest BCUT2D eigenvalue weighted by Crippen LogP contribution is -2.37. The van der Waals surface area contributed by atoms with Gasteiger partial charge in [-0.2, -0.15) is 0 Å². The lowest BCUT2D eigenvalue weighted by molar-refractivity contribution is 0.163. The third-order valence-electron chi connectivity index (χ3n) is 3.54. The van der Waals surface area contributed by atoms with Crippen molar-refractivity contribution in [2.75, 3.05) is 20.1 Å². The van der Waals surface area contributed by atoms with Crippen LogP contribution < -0.4 is 5.32 Å². The van der Waals surface area contributed by atoms with E-state index in [9.17, 15) is 0 Å². The van der Waals surface area contributed by atoms with Gasteiger partial charge in [-0.25, -0.2) is 4.98 Å². The van der Waals surface area contributed by atoms with E-state index < -0.39 is 0 Å². The molecule has 0 atom stereocenters. The molecule has 0 bridgehead atoms. The van der Waals surface area contributed by atoms with E-state index in [1.54, 1.807) is 6.26 Å². The normalized spacial score (nSPS) is 19.1. The monoisotopic (exact) mass is 237 g/mol. The van der Waals surface area contributed by atoms with Crippen molar-refractivity contribution >= 4 is 0 Å². The number of nitrogens with zero attached hydrogens (tertiary/aromatic N) is 2. The first-order chi connectivity index (χ1) is 8.20. The lowest BCUT2D eigenvalue weighted by atomic mass is 9.96. The first kappa shape index (κ1) is 12.6. The van der Waals surface area contributed by atoms with Crippen molar-refractivity contribution in [3.05, 3.63) is 17.8 Å². The zero-order chi connectivity index (χ0) is 12.3. The highest BCUT2D eigenvalue weighted by Gasteiger charge is 2.25. The van der Waals surface area contributed by atoms with E-state index in [4.69, 9.17) is 4.42 Å². The molecule has 1 fully saturated rings. The number of hydrogen-bond donors (Lipinski definition) is 1. The molecule has 0 aliphatic carbocycles. The highest BCUT2D eigenvalue weighted by molar-refractivity contribution is 5.02. The molecule has 1 N–H and O–H groups in total. The largest absolute Gasteiger partial charge is 0.448 e. The molecule has 0 amide bonds. The Kier molecular flexibility index (Phi) is 4.18. The predicted octanol–water partition coefficient (Wildman–Crippen LogP) is 1.98. The molecule has 1 aromatic rings. The van der Waals surface area contributed by atoms with Gasteiger partial charge in [0, 0.05) is 18.5 Å². The fraction of sp³-hybridized carbons (Fsp3) is 0.769. The summed E-state index contributed by atoms with van der Waals surface area (Å²) in [6.45, 7) is 7.62. The van der Waals surface area contributed by atoms with E-state index in [2.05, 4.69) is 29.0 Å².